The van der Waals surface area contributed by atoms with Gasteiger partial charge < -0.3 is 15.4 Å². The number of hydrogen-bond donors (Lipinski definition) is 2. The van der Waals surface area contributed by atoms with Gasteiger partial charge in [-0.05, 0) is 31.4 Å². The summed E-state index contributed by atoms with van der Waals surface area (Å²) in [6.45, 7) is 1.91. The second-order valence-electron chi connectivity index (χ2n) is 7.93. The van der Waals surface area contributed by atoms with Crippen molar-refractivity contribution in [3.05, 3.63) is 65.7 Å². The fourth-order valence-corrected chi connectivity index (χ4v) is 3.97. The highest BCUT2D eigenvalue weighted by Crippen LogP contribution is 2.31. The van der Waals surface area contributed by atoms with E-state index in [2.05, 4.69) is 10.6 Å². The molecule has 4 amide bonds. The Bertz CT molecular complexity index is 962. The number of ether oxygens (including phenoxy) is 1. The van der Waals surface area contributed by atoms with Crippen molar-refractivity contribution in [1.29, 1.82) is 0 Å². The Morgan fingerprint density at radius 3 is 2.70 bits per heavy atom. The molecule has 4 rings (SSSR count). The van der Waals surface area contributed by atoms with Gasteiger partial charge in [-0.3, -0.25) is 14.5 Å². The van der Waals surface area contributed by atoms with Gasteiger partial charge in [0.1, 0.15) is 17.8 Å². The van der Waals surface area contributed by atoms with Gasteiger partial charge in [-0.1, -0.05) is 48.5 Å². The van der Waals surface area contributed by atoms with E-state index in [4.69, 9.17) is 4.74 Å². The number of hydrogen-bond acceptors (Lipinski definition) is 4. The number of urea groups is 1. The van der Waals surface area contributed by atoms with E-state index in [1.165, 1.54) is 0 Å². The first-order chi connectivity index (χ1) is 14.5. The van der Waals surface area contributed by atoms with E-state index in [0.717, 1.165) is 21.8 Å². The van der Waals surface area contributed by atoms with Gasteiger partial charge in [0.25, 0.3) is 5.91 Å². The van der Waals surface area contributed by atoms with Crippen molar-refractivity contribution in [2.45, 2.75) is 37.8 Å². The SMILES string of the molecule is C[C@]1(CCc2ccccc2)NC(=O)N(CC(=O)N[C@@H]2CCOc3ccccc32)C1=O. The molecule has 7 heteroatoms. The van der Waals surface area contributed by atoms with Gasteiger partial charge in [-0.25, -0.2) is 4.79 Å². The quantitative estimate of drug-likeness (QED) is 0.721. The lowest BCUT2D eigenvalue weighted by Gasteiger charge is -2.27. The lowest BCUT2D eigenvalue weighted by molar-refractivity contribution is -0.135. The average Bonchev–Trinajstić information content (AvgIpc) is 2.97. The Kier molecular flexibility index (Phi) is 5.44. The largest absolute Gasteiger partial charge is 0.493 e. The van der Waals surface area contributed by atoms with E-state index < -0.39 is 11.6 Å². The van der Waals surface area contributed by atoms with Crippen LogP contribution in [0.2, 0.25) is 0 Å². The Balaban J connectivity index is 1.38. The summed E-state index contributed by atoms with van der Waals surface area (Å²) in [4.78, 5) is 39.0. The zero-order valence-electron chi connectivity index (χ0n) is 16.9. The maximum Gasteiger partial charge on any atom is 0.325 e. The van der Waals surface area contributed by atoms with Gasteiger partial charge in [0, 0.05) is 12.0 Å². The molecule has 2 aliphatic rings. The number of para-hydroxylation sites is 1. The van der Waals surface area contributed by atoms with Gasteiger partial charge in [0.05, 0.1) is 12.6 Å². The van der Waals surface area contributed by atoms with E-state index in [1.807, 2.05) is 54.6 Å². The molecule has 2 heterocycles. The van der Waals surface area contributed by atoms with Crippen LogP contribution in [-0.4, -0.2) is 41.4 Å². The van der Waals surface area contributed by atoms with Crippen molar-refractivity contribution in [2.24, 2.45) is 0 Å². The van der Waals surface area contributed by atoms with Crippen LogP contribution >= 0.6 is 0 Å². The molecule has 2 aromatic rings. The van der Waals surface area contributed by atoms with Crippen LogP contribution in [0.3, 0.4) is 0 Å². The summed E-state index contributed by atoms with van der Waals surface area (Å²) < 4.78 is 5.61. The van der Waals surface area contributed by atoms with Crippen LogP contribution in [0.5, 0.6) is 5.75 Å². The smallest absolute Gasteiger partial charge is 0.325 e. The third kappa shape index (κ3) is 4.01. The second kappa shape index (κ2) is 8.18. The number of benzene rings is 2. The zero-order chi connectivity index (χ0) is 21.1. The minimum atomic E-state index is -1.02. The molecule has 156 valence electrons. The Morgan fingerprint density at radius 2 is 1.90 bits per heavy atom. The standard InChI is InChI=1S/C23H25N3O4/c1-23(13-11-16-7-3-2-4-8-16)21(28)26(22(29)25-23)15-20(27)24-18-12-14-30-19-10-6-5-9-17(18)19/h2-10,18H,11-15H2,1H3,(H,24,27)(H,25,29)/t18-,23-/m1/s1. The molecule has 0 saturated carbocycles. The molecule has 30 heavy (non-hydrogen) atoms. The number of imide groups is 1. The molecule has 2 atom stereocenters. The van der Waals surface area contributed by atoms with Crippen molar-refractivity contribution in [1.82, 2.24) is 15.5 Å². The maximum absolute atomic E-state index is 12.9. The summed E-state index contributed by atoms with van der Waals surface area (Å²) in [6.07, 6.45) is 1.76. The summed E-state index contributed by atoms with van der Waals surface area (Å²) in [5.74, 6) is 0.0102. The third-order valence-corrected chi connectivity index (χ3v) is 5.70. The summed E-state index contributed by atoms with van der Waals surface area (Å²) in [7, 11) is 0. The summed E-state index contributed by atoms with van der Waals surface area (Å²) in [5, 5.41) is 5.70. The van der Waals surface area contributed by atoms with Crippen LogP contribution in [0, 0.1) is 0 Å². The Labute approximate surface area is 175 Å². The van der Waals surface area contributed by atoms with E-state index in [-0.39, 0.29) is 24.4 Å². The molecule has 0 aromatic heterocycles. The second-order valence-corrected chi connectivity index (χ2v) is 7.93. The molecule has 0 spiro atoms. The summed E-state index contributed by atoms with van der Waals surface area (Å²) >= 11 is 0. The van der Waals surface area contributed by atoms with Crippen molar-refractivity contribution < 1.29 is 19.1 Å². The first-order valence-corrected chi connectivity index (χ1v) is 10.2. The molecule has 0 unspecified atom stereocenters. The maximum atomic E-state index is 12.9. The predicted molar refractivity (Wildman–Crippen MR) is 111 cm³/mol. The van der Waals surface area contributed by atoms with Gasteiger partial charge in [-0.15, -0.1) is 0 Å². The van der Waals surface area contributed by atoms with Crippen molar-refractivity contribution >= 4 is 17.8 Å². The molecule has 7 nitrogen and oxygen atoms in total. The number of nitrogens with one attached hydrogen (secondary N) is 2. The van der Waals surface area contributed by atoms with E-state index in [9.17, 15) is 14.4 Å². The molecule has 2 aromatic carbocycles. The lowest BCUT2D eigenvalue weighted by atomic mass is 9.93. The summed E-state index contributed by atoms with van der Waals surface area (Å²) in [5.41, 5.74) is 0.982. The van der Waals surface area contributed by atoms with Crippen molar-refractivity contribution in [3.63, 3.8) is 0 Å². The Hall–Kier alpha value is -3.35. The molecule has 1 fully saturated rings. The minimum Gasteiger partial charge on any atom is -0.493 e. The van der Waals surface area contributed by atoms with E-state index in [0.29, 0.717) is 25.9 Å². The fraction of sp³-hybridized carbons (Fsp3) is 0.348. The molecule has 0 aliphatic carbocycles. The molecule has 2 N–H and O–H groups in total. The van der Waals surface area contributed by atoms with Gasteiger partial charge in [-0.2, -0.15) is 0 Å². The average molecular weight is 407 g/mol. The monoisotopic (exact) mass is 407 g/mol. The van der Waals surface area contributed by atoms with Crippen LogP contribution in [-0.2, 0) is 16.0 Å². The highest BCUT2D eigenvalue weighted by molar-refractivity contribution is 6.08. The number of aryl methyl sites for hydroxylation is 1. The van der Waals surface area contributed by atoms with E-state index >= 15 is 0 Å². The van der Waals surface area contributed by atoms with Gasteiger partial charge in [0.2, 0.25) is 5.91 Å². The number of carbonyl (C=O) groups is 3. The molecule has 1 saturated heterocycles. The molecular formula is C23H25N3O4. The zero-order valence-corrected chi connectivity index (χ0v) is 16.9. The van der Waals surface area contributed by atoms with Crippen LogP contribution in [0.25, 0.3) is 0 Å². The molecule has 0 bridgehead atoms. The van der Waals surface area contributed by atoms with Crippen molar-refractivity contribution in [3.8, 4) is 5.75 Å². The number of fused-ring (bicyclic) bond motifs is 1. The number of nitrogens with zero attached hydrogens (tertiary/aromatic N) is 1. The van der Waals surface area contributed by atoms with Crippen molar-refractivity contribution in [2.75, 3.05) is 13.2 Å². The molecule has 0 radical (unpaired) electrons. The van der Waals surface area contributed by atoms with Crippen LogP contribution < -0.4 is 15.4 Å². The fourth-order valence-electron chi connectivity index (χ4n) is 3.97. The molecular weight excluding hydrogens is 382 g/mol. The minimum absolute atomic E-state index is 0.201. The van der Waals surface area contributed by atoms with E-state index in [1.54, 1.807) is 6.92 Å². The topological polar surface area (TPSA) is 87.7 Å². The third-order valence-electron chi connectivity index (χ3n) is 5.70. The summed E-state index contributed by atoms with van der Waals surface area (Å²) in [6, 6.07) is 16.6. The predicted octanol–water partition coefficient (Wildman–Crippen LogP) is 2.57. The first-order valence-electron chi connectivity index (χ1n) is 10.2. The van der Waals surface area contributed by atoms with Crippen LogP contribution in [0.4, 0.5) is 4.79 Å². The van der Waals surface area contributed by atoms with Gasteiger partial charge in [0.15, 0.2) is 0 Å². The first kappa shape index (κ1) is 19.9. The van der Waals surface area contributed by atoms with Crippen LogP contribution in [0.15, 0.2) is 54.6 Å². The van der Waals surface area contributed by atoms with Crippen LogP contribution in [0.1, 0.15) is 36.9 Å². The number of amides is 4. The number of carbonyl (C=O) groups excluding carboxylic acids is 3. The number of rotatable bonds is 6. The normalized spacial score (nSPS) is 22.8. The van der Waals surface area contributed by atoms with Gasteiger partial charge >= 0.3 is 6.03 Å². The molecule has 2 aliphatic heterocycles. The lowest BCUT2D eigenvalue weighted by Crippen LogP contribution is -2.46. The highest BCUT2D eigenvalue weighted by atomic mass is 16.5. The highest BCUT2D eigenvalue weighted by Gasteiger charge is 2.48. The Morgan fingerprint density at radius 1 is 1.17 bits per heavy atom.